The Hall–Kier alpha value is -0.880. The molecule has 0 aliphatic rings. The molecule has 0 fully saturated rings. The van der Waals surface area contributed by atoms with Crippen molar-refractivity contribution in [2.75, 3.05) is 13.2 Å². The number of aromatic nitrogens is 2. The topological polar surface area (TPSA) is 56.2 Å². The number of nitrogens with zero attached hydrogens (tertiary/aromatic N) is 2. The molecule has 1 heterocycles. The number of aryl methyl sites for hydroxylation is 1. The Balaban J connectivity index is 2.82. The lowest BCUT2D eigenvalue weighted by atomic mass is 10.3. The van der Waals surface area contributed by atoms with Crippen molar-refractivity contribution < 1.29 is 9.53 Å². The molecule has 1 rings (SSSR count). The molecule has 0 aromatic carbocycles. The molecule has 0 spiro atoms. The molecule has 0 bridgehead atoms. The zero-order valence-corrected chi connectivity index (χ0v) is 12.9. The summed E-state index contributed by atoms with van der Waals surface area (Å²) in [6.45, 7) is 9.25. The highest BCUT2D eigenvalue weighted by molar-refractivity contribution is 9.10. The molecule has 1 atom stereocenters. The molecule has 18 heavy (non-hydrogen) atoms. The number of likely N-dealkylation sites (N-methyl/N-ethyl adjacent to an activating group) is 1. The summed E-state index contributed by atoms with van der Waals surface area (Å²) in [6.07, 6.45) is 0. The molecule has 0 aliphatic heterocycles. The van der Waals surface area contributed by atoms with E-state index in [1.54, 1.807) is 6.92 Å². The molecule has 1 aromatic heterocycles. The van der Waals surface area contributed by atoms with Gasteiger partial charge in [-0.25, -0.2) is 0 Å². The first kappa shape index (κ1) is 15.2. The first-order valence-corrected chi connectivity index (χ1v) is 6.90. The van der Waals surface area contributed by atoms with Gasteiger partial charge >= 0.3 is 5.97 Å². The van der Waals surface area contributed by atoms with Crippen LogP contribution in [-0.2, 0) is 16.1 Å². The highest BCUT2D eigenvalue weighted by Crippen LogP contribution is 2.19. The number of halogens is 1. The summed E-state index contributed by atoms with van der Waals surface area (Å²) in [7, 11) is 0. The van der Waals surface area contributed by atoms with Crippen molar-refractivity contribution in [2.45, 2.75) is 40.3 Å². The average molecular weight is 318 g/mol. The van der Waals surface area contributed by atoms with Gasteiger partial charge in [0, 0.05) is 5.69 Å². The second kappa shape index (κ2) is 6.89. The molecule has 1 N–H and O–H groups in total. The monoisotopic (exact) mass is 317 g/mol. The number of hydrogen-bond donors (Lipinski definition) is 1. The van der Waals surface area contributed by atoms with Crippen molar-refractivity contribution in [1.29, 1.82) is 0 Å². The first-order chi connectivity index (χ1) is 8.51. The van der Waals surface area contributed by atoms with Crippen LogP contribution in [0.25, 0.3) is 0 Å². The van der Waals surface area contributed by atoms with Gasteiger partial charge in [-0.05, 0) is 43.2 Å². The van der Waals surface area contributed by atoms with Crippen LogP contribution in [-0.4, -0.2) is 34.9 Å². The summed E-state index contributed by atoms with van der Waals surface area (Å²) in [5.41, 5.74) is 1.94. The molecular weight excluding hydrogens is 298 g/mol. The normalized spacial score (nSPS) is 12.5. The minimum Gasteiger partial charge on any atom is -0.465 e. The second-order valence-electron chi connectivity index (χ2n) is 4.03. The molecule has 0 amide bonds. The van der Waals surface area contributed by atoms with Crippen LogP contribution in [0.1, 0.15) is 25.2 Å². The van der Waals surface area contributed by atoms with E-state index in [1.165, 1.54) is 0 Å². The Morgan fingerprint density at radius 3 is 2.61 bits per heavy atom. The van der Waals surface area contributed by atoms with Gasteiger partial charge in [-0.1, -0.05) is 6.92 Å². The number of esters is 1. The number of hydrogen-bond acceptors (Lipinski definition) is 4. The lowest BCUT2D eigenvalue weighted by molar-refractivity contribution is -0.146. The predicted molar refractivity (Wildman–Crippen MR) is 73.5 cm³/mol. The average Bonchev–Trinajstić information content (AvgIpc) is 2.57. The third kappa shape index (κ3) is 3.55. The van der Waals surface area contributed by atoms with E-state index in [0.29, 0.717) is 19.7 Å². The zero-order chi connectivity index (χ0) is 13.7. The molecular formula is C12H20BrN3O2. The standard InChI is InChI=1S/C12H20BrN3O2/c1-5-14-10(12(17)18-6-2)7-16-9(4)11(13)8(3)15-16/h10,14H,5-7H2,1-4H3. The maximum absolute atomic E-state index is 11.8. The minimum absolute atomic E-state index is 0.233. The van der Waals surface area contributed by atoms with Gasteiger partial charge in [0.2, 0.25) is 0 Å². The largest absolute Gasteiger partial charge is 0.465 e. The summed E-state index contributed by atoms with van der Waals surface area (Å²) in [4.78, 5) is 11.8. The molecule has 0 saturated heterocycles. The lowest BCUT2D eigenvalue weighted by Gasteiger charge is -2.17. The van der Waals surface area contributed by atoms with Crippen molar-refractivity contribution in [3.63, 3.8) is 0 Å². The lowest BCUT2D eigenvalue weighted by Crippen LogP contribution is -2.41. The van der Waals surface area contributed by atoms with Crippen LogP contribution in [0.4, 0.5) is 0 Å². The van der Waals surface area contributed by atoms with Gasteiger partial charge in [0.25, 0.3) is 0 Å². The van der Waals surface area contributed by atoms with Crippen LogP contribution in [0.3, 0.4) is 0 Å². The van der Waals surface area contributed by atoms with E-state index >= 15 is 0 Å². The molecule has 6 heteroatoms. The van der Waals surface area contributed by atoms with Gasteiger partial charge in [-0.15, -0.1) is 0 Å². The quantitative estimate of drug-likeness (QED) is 0.813. The van der Waals surface area contributed by atoms with Crippen LogP contribution in [0.2, 0.25) is 0 Å². The van der Waals surface area contributed by atoms with Crippen LogP contribution < -0.4 is 5.32 Å². The van der Waals surface area contributed by atoms with E-state index in [2.05, 4.69) is 26.3 Å². The Morgan fingerprint density at radius 2 is 2.17 bits per heavy atom. The summed E-state index contributed by atoms with van der Waals surface area (Å²) < 4.78 is 7.86. The minimum atomic E-state index is -0.361. The Kier molecular flexibility index (Phi) is 5.81. The number of rotatable bonds is 6. The zero-order valence-electron chi connectivity index (χ0n) is 11.3. The van der Waals surface area contributed by atoms with Crippen LogP contribution >= 0.6 is 15.9 Å². The molecule has 0 saturated carbocycles. The fourth-order valence-electron chi connectivity index (χ4n) is 1.74. The Labute approximate surface area is 116 Å². The molecule has 0 radical (unpaired) electrons. The van der Waals surface area contributed by atoms with Gasteiger partial charge in [0.1, 0.15) is 6.04 Å². The van der Waals surface area contributed by atoms with Crippen LogP contribution in [0.5, 0.6) is 0 Å². The number of ether oxygens (including phenoxy) is 1. The predicted octanol–water partition coefficient (Wildman–Crippen LogP) is 1.80. The van der Waals surface area contributed by atoms with Gasteiger partial charge in [0.05, 0.1) is 23.3 Å². The highest BCUT2D eigenvalue weighted by Gasteiger charge is 2.21. The van der Waals surface area contributed by atoms with Crippen LogP contribution in [0, 0.1) is 13.8 Å². The van der Waals surface area contributed by atoms with E-state index in [9.17, 15) is 4.79 Å². The van der Waals surface area contributed by atoms with Crippen molar-refractivity contribution >= 4 is 21.9 Å². The Morgan fingerprint density at radius 1 is 1.50 bits per heavy atom. The van der Waals surface area contributed by atoms with Gasteiger partial charge < -0.3 is 10.1 Å². The summed E-state index contributed by atoms with van der Waals surface area (Å²) in [5.74, 6) is -0.233. The van der Waals surface area contributed by atoms with Gasteiger partial charge in [-0.2, -0.15) is 5.10 Å². The maximum Gasteiger partial charge on any atom is 0.325 e. The summed E-state index contributed by atoms with van der Waals surface area (Å²) >= 11 is 3.48. The fraction of sp³-hybridized carbons (Fsp3) is 0.667. The maximum atomic E-state index is 11.8. The van der Waals surface area contributed by atoms with E-state index in [0.717, 1.165) is 15.9 Å². The Bertz CT molecular complexity index is 418. The van der Waals surface area contributed by atoms with Crippen LogP contribution in [0.15, 0.2) is 4.47 Å². The second-order valence-corrected chi connectivity index (χ2v) is 4.82. The van der Waals surface area contributed by atoms with Crippen molar-refractivity contribution in [3.8, 4) is 0 Å². The molecule has 1 aromatic rings. The SMILES string of the molecule is CCNC(Cn1nc(C)c(Br)c1C)C(=O)OCC. The van der Waals surface area contributed by atoms with Crippen molar-refractivity contribution in [3.05, 3.63) is 15.9 Å². The highest BCUT2D eigenvalue weighted by atomic mass is 79.9. The molecule has 102 valence electrons. The van der Waals surface area contributed by atoms with E-state index in [-0.39, 0.29) is 12.0 Å². The summed E-state index contributed by atoms with van der Waals surface area (Å²) in [6, 6.07) is -0.361. The van der Waals surface area contributed by atoms with Gasteiger partial charge in [-0.3, -0.25) is 9.48 Å². The fourth-order valence-corrected chi connectivity index (χ4v) is 2.02. The third-order valence-electron chi connectivity index (χ3n) is 2.67. The van der Waals surface area contributed by atoms with E-state index < -0.39 is 0 Å². The number of carbonyl (C=O) groups is 1. The first-order valence-electron chi connectivity index (χ1n) is 6.10. The van der Waals surface area contributed by atoms with Crippen molar-refractivity contribution in [1.82, 2.24) is 15.1 Å². The molecule has 5 nitrogen and oxygen atoms in total. The van der Waals surface area contributed by atoms with E-state index in [1.807, 2.05) is 25.5 Å². The smallest absolute Gasteiger partial charge is 0.325 e. The number of carbonyl (C=O) groups excluding carboxylic acids is 1. The van der Waals surface area contributed by atoms with Crippen molar-refractivity contribution in [2.24, 2.45) is 0 Å². The number of nitrogens with one attached hydrogen (secondary N) is 1. The van der Waals surface area contributed by atoms with E-state index in [4.69, 9.17) is 4.74 Å². The summed E-state index contributed by atoms with van der Waals surface area (Å²) in [5, 5.41) is 7.52. The molecule has 0 aliphatic carbocycles. The third-order valence-corrected chi connectivity index (χ3v) is 3.82. The van der Waals surface area contributed by atoms with Gasteiger partial charge in [0.15, 0.2) is 0 Å². The molecule has 1 unspecified atom stereocenters.